The third kappa shape index (κ3) is 4.44. The van der Waals surface area contributed by atoms with Gasteiger partial charge in [-0.15, -0.1) is 0 Å². The molecule has 0 saturated carbocycles. The molecule has 0 bridgehead atoms. The first-order valence-electron chi connectivity index (χ1n) is 10.0. The molecule has 0 atom stereocenters. The summed E-state index contributed by atoms with van der Waals surface area (Å²) in [6.45, 7) is 1.22. The molecule has 0 aliphatic carbocycles. The van der Waals surface area contributed by atoms with Crippen LogP contribution in [0.1, 0.15) is 27.3 Å². The normalized spacial score (nSPS) is 12.9. The lowest BCUT2D eigenvalue weighted by Gasteiger charge is -2.26. The molecule has 1 aliphatic heterocycles. The van der Waals surface area contributed by atoms with Gasteiger partial charge >= 0.3 is 6.09 Å². The van der Waals surface area contributed by atoms with E-state index in [1.165, 1.54) is 7.11 Å². The molecule has 1 aliphatic rings. The van der Waals surface area contributed by atoms with Crippen molar-refractivity contribution in [3.8, 4) is 11.4 Å². The molecular weight excluding hydrogens is 396 g/mol. The second-order valence-corrected chi connectivity index (χ2v) is 7.32. The third-order valence-corrected chi connectivity index (χ3v) is 5.30. The Bertz CT molecular complexity index is 1090. The van der Waals surface area contributed by atoms with E-state index >= 15 is 0 Å². The fraction of sp³-hybridized carbons (Fsp3) is 0.261. The van der Waals surface area contributed by atoms with E-state index in [1.807, 2.05) is 48.0 Å². The van der Waals surface area contributed by atoms with E-state index in [-0.39, 0.29) is 18.6 Å². The molecule has 31 heavy (non-hydrogen) atoms. The topological polar surface area (TPSA) is 85.7 Å². The van der Waals surface area contributed by atoms with Gasteiger partial charge < -0.3 is 14.2 Å². The molecule has 0 fully saturated rings. The zero-order chi connectivity index (χ0) is 21.8. The molecule has 2 amide bonds. The number of imidazole rings is 1. The monoisotopic (exact) mass is 420 g/mol. The number of fused-ring (bicyclic) bond motifs is 1. The zero-order valence-electron chi connectivity index (χ0n) is 17.5. The minimum Gasteiger partial charge on any atom is -0.445 e. The smallest absolute Gasteiger partial charge is 0.410 e. The van der Waals surface area contributed by atoms with Gasteiger partial charge in [-0.3, -0.25) is 9.63 Å². The van der Waals surface area contributed by atoms with Crippen molar-refractivity contribution in [1.29, 1.82) is 0 Å². The van der Waals surface area contributed by atoms with Crippen molar-refractivity contribution in [3.63, 3.8) is 0 Å². The van der Waals surface area contributed by atoms with Gasteiger partial charge in [-0.25, -0.2) is 15.3 Å². The van der Waals surface area contributed by atoms with Crippen LogP contribution in [0.3, 0.4) is 0 Å². The Morgan fingerprint density at radius 2 is 1.94 bits per heavy atom. The van der Waals surface area contributed by atoms with Gasteiger partial charge in [0.1, 0.15) is 12.4 Å². The molecule has 3 aromatic rings. The number of benzene rings is 2. The first-order chi connectivity index (χ1) is 15.1. The van der Waals surface area contributed by atoms with Crippen molar-refractivity contribution >= 4 is 12.0 Å². The standard InChI is InChI=1S/C23H24N4O4/c1-26-20-14-27(23(29)31-15-16-7-4-3-5-8-16)12-11-19(20)24-21(26)17-9-6-10-18(13-17)22(28)25-30-2/h3-10,13H,11-12,14-15H2,1-2H3,(H,25,28). The molecule has 0 radical (unpaired) electrons. The Morgan fingerprint density at radius 3 is 2.71 bits per heavy atom. The van der Waals surface area contributed by atoms with E-state index in [9.17, 15) is 9.59 Å². The summed E-state index contributed by atoms with van der Waals surface area (Å²) in [5, 5.41) is 0. The van der Waals surface area contributed by atoms with Crippen LogP contribution < -0.4 is 5.48 Å². The summed E-state index contributed by atoms with van der Waals surface area (Å²) in [6, 6.07) is 16.8. The van der Waals surface area contributed by atoms with Gasteiger partial charge in [-0.2, -0.15) is 0 Å². The van der Waals surface area contributed by atoms with Crippen molar-refractivity contribution < 1.29 is 19.2 Å². The molecule has 8 nitrogen and oxygen atoms in total. The number of amides is 2. The van der Waals surface area contributed by atoms with Crippen molar-refractivity contribution in [2.45, 2.75) is 19.6 Å². The zero-order valence-corrected chi connectivity index (χ0v) is 17.5. The summed E-state index contributed by atoms with van der Waals surface area (Å²) in [6.07, 6.45) is 0.309. The minimum absolute atomic E-state index is 0.246. The van der Waals surface area contributed by atoms with Gasteiger partial charge in [-0.1, -0.05) is 42.5 Å². The summed E-state index contributed by atoms with van der Waals surface area (Å²) in [4.78, 5) is 35.8. The number of hydroxylamine groups is 1. The molecule has 1 N–H and O–H groups in total. The van der Waals surface area contributed by atoms with Crippen LogP contribution in [0.4, 0.5) is 4.79 Å². The molecule has 0 spiro atoms. The summed E-state index contributed by atoms with van der Waals surface area (Å²) in [7, 11) is 3.31. The molecule has 0 unspecified atom stereocenters. The summed E-state index contributed by atoms with van der Waals surface area (Å²) >= 11 is 0. The van der Waals surface area contributed by atoms with Gasteiger partial charge in [0.05, 0.1) is 25.0 Å². The number of hydrogen-bond donors (Lipinski definition) is 1. The van der Waals surface area contributed by atoms with Crippen molar-refractivity contribution in [3.05, 3.63) is 77.1 Å². The van der Waals surface area contributed by atoms with Crippen molar-refractivity contribution in [1.82, 2.24) is 19.9 Å². The number of ether oxygens (including phenoxy) is 1. The minimum atomic E-state index is -0.338. The molecule has 160 valence electrons. The highest BCUT2D eigenvalue weighted by Gasteiger charge is 2.27. The first kappa shape index (κ1) is 20.6. The Balaban J connectivity index is 1.49. The van der Waals surface area contributed by atoms with Crippen molar-refractivity contribution in [2.75, 3.05) is 13.7 Å². The van der Waals surface area contributed by atoms with Crippen LogP contribution in [0.5, 0.6) is 0 Å². The Kier molecular flexibility index (Phi) is 5.99. The number of carbonyl (C=O) groups excluding carboxylic acids is 2. The van der Waals surface area contributed by atoms with E-state index in [1.54, 1.807) is 23.1 Å². The van der Waals surface area contributed by atoms with Crippen LogP contribution in [0.15, 0.2) is 54.6 Å². The predicted molar refractivity (Wildman–Crippen MR) is 114 cm³/mol. The maximum absolute atomic E-state index is 12.6. The van der Waals surface area contributed by atoms with Crippen LogP contribution in [0.2, 0.25) is 0 Å². The molecule has 4 rings (SSSR count). The quantitative estimate of drug-likeness (QED) is 0.641. The maximum atomic E-state index is 12.6. The summed E-state index contributed by atoms with van der Waals surface area (Å²) in [5.41, 5.74) is 6.49. The average molecular weight is 420 g/mol. The van der Waals surface area contributed by atoms with E-state index < -0.39 is 0 Å². The van der Waals surface area contributed by atoms with Crippen LogP contribution >= 0.6 is 0 Å². The van der Waals surface area contributed by atoms with E-state index in [4.69, 9.17) is 14.6 Å². The van der Waals surface area contributed by atoms with E-state index in [2.05, 4.69) is 5.48 Å². The lowest BCUT2D eigenvalue weighted by atomic mass is 10.1. The van der Waals surface area contributed by atoms with E-state index in [0.29, 0.717) is 25.1 Å². The van der Waals surface area contributed by atoms with Crippen LogP contribution in [-0.2, 0) is 36.2 Å². The van der Waals surface area contributed by atoms with Crippen molar-refractivity contribution in [2.24, 2.45) is 7.05 Å². The number of nitrogens with one attached hydrogen (secondary N) is 1. The summed E-state index contributed by atoms with van der Waals surface area (Å²) in [5.74, 6) is 0.423. The van der Waals surface area contributed by atoms with Crippen LogP contribution in [0, 0.1) is 0 Å². The largest absolute Gasteiger partial charge is 0.445 e. The number of hydrogen-bond acceptors (Lipinski definition) is 5. The SMILES string of the molecule is CONC(=O)c1cccc(-c2nc3c(n2C)CN(C(=O)OCc2ccccc2)CC3)c1. The molecular formula is C23H24N4O4. The maximum Gasteiger partial charge on any atom is 0.410 e. The van der Waals surface area contributed by atoms with Gasteiger partial charge in [-0.05, 0) is 17.7 Å². The van der Waals surface area contributed by atoms with Gasteiger partial charge in [0.15, 0.2) is 0 Å². The lowest BCUT2D eigenvalue weighted by Crippen LogP contribution is -2.37. The molecule has 2 aromatic carbocycles. The second-order valence-electron chi connectivity index (χ2n) is 7.32. The van der Waals surface area contributed by atoms with Gasteiger partial charge in [0, 0.05) is 31.1 Å². The Morgan fingerprint density at radius 1 is 1.13 bits per heavy atom. The highest BCUT2D eigenvalue weighted by molar-refractivity contribution is 5.94. The third-order valence-electron chi connectivity index (χ3n) is 5.30. The summed E-state index contributed by atoms with van der Waals surface area (Å²) < 4.78 is 7.45. The highest BCUT2D eigenvalue weighted by Crippen LogP contribution is 2.26. The molecule has 0 saturated heterocycles. The first-order valence-corrected chi connectivity index (χ1v) is 10.0. The predicted octanol–water partition coefficient (Wildman–Crippen LogP) is 3.07. The number of nitrogens with zero attached hydrogens (tertiary/aromatic N) is 3. The fourth-order valence-corrected chi connectivity index (χ4v) is 3.66. The fourth-order valence-electron chi connectivity index (χ4n) is 3.66. The number of carbonyl (C=O) groups is 2. The number of rotatable bonds is 5. The average Bonchev–Trinajstić information content (AvgIpc) is 3.14. The molecule has 8 heteroatoms. The van der Waals surface area contributed by atoms with Gasteiger partial charge in [0.25, 0.3) is 5.91 Å². The lowest BCUT2D eigenvalue weighted by molar-refractivity contribution is 0.0537. The van der Waals surface area contributed by atoms with Crippen LogP contribution in [0.25, 0.3) is 11.4 Å². The second kappa shape index (κ2) is 9.01. The Hall–Kier alpha value is -3.65. The number of aromatic nitrogens is 2. The van der Waals surface area contributed by atoms with E-state index in [0.717, 1.165) is 28.3 Å². The molecule has 2 heterocycles. The van der Waals surface area contributed by atoms with Gasteiger partial charge in [0.2, 0.25) is 0 Å². The molecule has 1 aromatic heterocycles. The highest BCUT2D eigenvalue weighted by atomic mass is 16.6. The Labute approximate surface area is 180 Å². The van der Waals surface area contributed by atoms with Crippen LogP contribution in [-0.4, -0.2) is 40.1 Å².